The van der Waals surface area contributed by atoms with E-state index in [1.807, 2.05) is 27.7 Å². The molecule has 1 saturated heterocycles. The molecule has 4 nitrogen and oxygen atoms in total. The molecule has 0 aliphatic carbocycles. The predicted octanol–water partition coefficient (Wildman–Crippen LogP) is 1.87. The highest BCUT2D eigenvalue weighted by atomic mass is 16.7. The molecule has 0 radical (unpaired) electrons. The van der Waals surface area contributed by atoms with Crippen molar-refractivity contribution < 1.29 is 18.9 Å². The third-order valence-corrected chi connectivity index (χ3v) is 3.77. The van der Waals surface area contributed by atoms with Crippen LogP contribution in [0.5, 0.6) is 0 Å². The molecule has 0 unspecified atom stereocenters. The van der Waals surface area contributed by atoms with Crippen LogP contribution in [0.1, 0.15) is 37.3 Å². The summed E-state index contributed by atoms with van der Waals surface area (Å²) in [5, 5.41) is 3.56. The number of hydrogen-bond donors (Lipinski definition) is 0. The zero-order valence-corrected chi connectivity index (χ0v) is 11.3. The Morgan fingerprint density at radius 1 is 1.26 bits per heavy atom. The highest BCUT2D eigenvalue weighted by molar-refractivity contribution is 6.62. The normalized spacial score (nSPS) is 27.2. The van der Waals surface area contributed by atoms with Gasteiger partial charge in [0.15, 0.2) is 0 Å². The van der Waals surface area contributed by atoms with E-state index in [9.17, 15) is 0 Å². The van der Waals surface area contributed by atoms with E-state index in [1.54, 1.807) is 0 Å². The third kappa shape index (κ3) is 1.88. The number of aromatic nitrogens is 2. The van der Waals surface area contributed by atoms with Gasteiger partial charge in [-0.3, -0.25) is 4.68 Å². The molecule has 2 aromatic rings. The van der Waals surface area contributed by atoms with Crippen LogP contribution < -0.4 is 5.46 Å². The lowest BCUT2D eigenvalue weighted by atomic mass is 9.79. The Balaban J connectivity index is 2.29. The number of aryl methyl sites for hydroxylation is 1. The second-order valence-corrected chi connectivity index (χ2v) is 5.62. The van der Waals surface area contributed by atoms with E-state index in [2.05, 4.69) is 5.10 Å². The van der Waals surface area contributed by atoms with Gasteiger partial charge in [0.1, 0.15) is 0 Å². The molecule has 0 atom stereocenters. The molecule has 1 aliphatic rings. The maximum atomic E-state index is 8.44. The van der Waals surface area contributed by atoms with Crippen molar-refractivity contribution in [1.29, 1.82) is 0 Å². The van der Waals surface area contributed by atoms with Gasteiger partial charge in [-0.15, -0.1) is 0 Å². The van der Waals surface area contributed by atoms with Gasteiger partial charge in [0.05, 0.1) is 28.4 Å². The zero-order chi connectivity index (χ0) is 19.8. The monoisotopic (exact) mass is 265 g/mol. The molecule has 1 aliphatic heterocycles. The number of hydrogen-bond acceptors (Lipinski definition) is 3. The molecule has 1 fully saturated rings. The van der Waals surface area contributed by atoms with Gasteiger partial charge in [0.25, 0.3) is 0 Å². The largest absolute Gasteiger partial charge is 0.494 e. The van der Waals surface area contributed by atoms with Crippen molar-refractivity contribution in [3.8, 4) is 0 Å². The van der Waals surface area contributed by atoms with Crippen LogP contribution in [0.2, 0.25) is 0 Å². The molecule has 100 valence electrons. The Labute approximate surface area is 123 Å². The van der Waals surface area contributed by atoms with Crippen molar-refractivity contribution >= 4 is 23.5 Å². The minimum absolute atomic E-state index is 0.000239. The Morgan fingerprint density at radius 2 is 1.95 bits per heavy atom. The first-order valence-electron chi connectivity index (χ1n) is 9.54. The Hall–Kier alpha value is -1.33. The van der Waals surface area contributed by atoms with E-state index in [0.29, 0.717) is 4.68 Å². The number of benzene rings is 1. The lowest BCUT2D eigenvalue weighted by molar-refractivity contribution is 0.00578. The first-order chi connectivity index (χ1) is 11.7. The SMILES string of the molecule is [2H]c1c(B2OC(C)(C)C(C)(C)O2)c([2H])c2c([2H])nn(C([2H])([2H])[2H])c2c1[2H]. The van der Waals surface area contributed by atoms with Crippen molar-refractivity contribution in [2.45, 2.75) is 38.9 Å². The lowest BCUT2D eigenvalue weighted by Gasteiger charge is -2.32. The third-order valence-electron chi connectivity index (χ3n) is 3.77. The molecule has 0 saturated carbocycles. The van der Waals surface area contributed by atoms with Gasteiger partial charge in [0.2, 0.25) is 0 Å². The fraction of sp³-hybridized carbons (Fsp3) is 0.500. The van der Waals surface area contributed by atoms with Gasteiger partial charge in [-0.25, -0.2) is 0 Å². The lowest BCUT2D eigenvalue weighted by Crippen LogP contribution is -2.41. The quantitative estimate of drug-likeness (QED) is 0.738. The molecule has 2 heterocycles. The molecule has 0 bridgehead atoms. The van der Waals surface area contributed by atoms with E-state index in [0.717, 1.165) is 0 Å². The molecule has 3 rings (SSSR count). The van der Waals surface area contributed by atoms with Crippen molar-refractivity contribution in [2.75, 3.05) is 0 Å². The van der Waals surface area contributed by atoms with Gasteiger partial charge in [-0.1, -0.05) is 12.1 Å². The molecule has 5 heteroatoms. The average molecular weight is 265 g/mol. The Kier molecular flexibility index (Phi) is 1.39. The van der Waals surface area contributed by atoms with E-state index >= 15 is 0 Å². The van der Waals surface area contributed by atoms with Crippen LogP contribution in [-0.2, 0) is 16.3 Å². The summed E-state index contributed by atoms with van der Waals surface area (Å²) in [7, 11) is -1.07. The second kappa shape index (κ2) is 3.84. The van der Waals surface area contributed by atoms with Crippen LogP contribution in [-0.4, -0.2) is 28.1 Å². The van der Waals surface area contributed by atoms with Gasteiger partial charge in [-0.05, 0) is 39.2 Å². The number of fused-ring (bicyclic) bond motifs is 1. The summed E-state index contributed by atoms with van der Waals surface area (Å²) in [6, 6.07) is -1.07. The molecule has 19 heavy (non-hydrogen) atoms. The highest BCUT2D eigenvalue weighted by Crippen LogP contribution is 2.36. The summed E-state index contributed by atoms with van der Waals surface area (Å²) >= 11 is 0. The smallest absolute Gasteiger partial charge is 0.399 e. The van der Waals surface area contributed by atoms with E-state index in [4.69, 9.17) is 18.9 Å². The van der Waals surface area contributed by atoms with Crippen molar-refractivity contribution in [3.05, 3.63) is 24.3 Å². The summed E-state index contributed by atoms with van der Waals surface area (Å²) in [5.41, 5.74) is -1.65. The van der Waals surface area contributed by atoms with Crippen molar-refractivity contribution in [2.24, 2.45) is 6.98 Å². The van der Waals surface area contributed by atoms with Gasteiger partial charge in [0, 0.05) is 16.5 Å². The average Bonchev–Trinajstić information content (AvgIpc) is 2.91. The van der Waals surface area contributed by atoms with Gasteiger partial charge in [-0.2, -0.15) is 5.10 Å². The summed E-state index contributed by atoms with van der Waals surface area (Å²) in [5.74, 6) is 0. The van der Waals surface area contributed by atoms with E-state index in [-0.39, 0.29) is 28.5 Å². The van der Waals surface area contributed by atoms with E-state index in [1.165, 1.54) is 0 Å². The first kappa shape index (κ1) is 6.91. The van der Waals surface area contributed by atoms with E-state index < -0.39 is 37.5 Å². The van der Waals surface area contributed by atoms with Gasteiger partial charge >= 0.3 is 7.12 Å². The van der Waals surface area contributed by atoms with Crippen LogP contribution in [0, 0.1) is 0 Å². The van der Waals surface area contributed by atoms with Crippen LogP contribution in [0.4, 0.5) is 0 Å². The van der Waals surface area contributed by atoms with Gasteiger partial charge < -0.3 is 9.31 Å². The minimum Gasteiger partial charge on any atom is -0.399 e. The molecule has 0 amide bonds. The zero-order valence-electron chi connectivity index (χ0n) is 18.3. The summed E-state index contributed by atoms with van der Waals surface area (Å²) in [6.07, 6.45) is -0.438. The highest BCUT2D eigenvalue weighted by Gasteiger charge is 2.51. The molecular formula is C14H19BN2O2. The van der Waals surface area contributed by atoms with Crippen LogP contribution in [0.15, 0.2) is 24.3 Å². The molecule has 0 spiro atoms. The summed E-state index contributed by atoms with van der Waals surface area (Å²) in [6.45, 7) is 4.57. The standard InChI is InChI=1S/C14H19BN2O2/c1-13(2)14(3,4)19-15(18-13)11-6-7-12-10(8-11)9-16-17(12)5/h6-9H,1-5H3/i5D3,6D,7D,8D,9D. The predicted molar refractivity (Wildman–Crippen MR) is 76.4 cm³/mol. The number of nitrogens with zero attached hydrogens (tertiary/aromatic N) is 2. The van der Waals surface area contributed by atoms with Crippen LogP contribution in [0.3, 0.4) is 0 Å². The van der Waals surface area contributed by atoms with Crippen LogP contribution in [0.25, 0.3) is 10.9 Å². The number of rotatable bonds is 1. The first-order valence-corrected chi connectivity index (χ1v) is 6.04. The Bertz CT molecular complexity index is 891. The summed E-state index contributed by atoms with van der Waals surface area (Å²) in [4.78, 5) is 0. The van der Waals surface area contributed by atoms with Crippen molar-refractivity contribution in [1.82, 2.24) is 9.78 Å². The summed E-state index contributed by atoms with van der Waals surface area (Å²) < 4.78 is 67.9. The maximum absolute atomic E-state index is 8.44. The molecule has 1 aromatic carbocycles. The Morgan fingerprint density at radius 3 is 2.58 bits per heavy atom. The molecular weight excluding hydrogens is 239 g/mol. The van der Waals surface area contributed by atoms with Crippen LogP contribution >= 0.6 is 0 Å². The van der Waals surface area contributed by atoms with Crippen molar-refractivity contribution in [3.63, 3.8) is 0 Å². The molecule has 0 N–H and O–H groups in total. The maximum Gasteiger partial charge on any atom is 0.494 e. The topological polar surface area (TPSA) is 36.3 Å². The molecule has 1 aromatic heterocycles. The fourth-order valence-electron chi connectivity index (χ4n) is 1.88. The fourth-order valence-corrected chi connectivity index (χ4v) is 1.88. The minimum atomic E-state index is -2.72. The second-order valence-electron chi connectivity index (χ2n) is 5.62.